The molecule has 1 aromatic carbocycles. The molecule has 116 valence electrons. The topological polar surface area (TPSA) is 113 Å². The normalized spacial score (nSPS) is 11.2. The summed E-state index contributed by atoms with van der Waals surface area (Å²) >= 11 is 1.23. The van der Waals surface area contributed by atoms with E-state index in [1.807, 2.05) is 0 Å². The van der Waals surface area contributed by atoms with Gasteiger partial charge in [-0.15, -0.1) is 11.3 Å². The third-order valence-electron chi connectivity index (χ3n) is 3.27. The molecule has 3 aromatic rings. The number of aromatic hydroxyl groups is 1. The second kappa shape index (κ2) is 6.01. The van der Waals surface area contributed by atoms with Crippen LogP contribution in [0.2, 0.25) is 0 Å². The number of anilines is 1. The van der Waals surface area contributed by atoms with Crippen molar-refractivity contribution in [3.63, 3.8) is 0 Å². The Kier molecular flexibility index (Phi) is 3.90. The largest absolute Gasteiger partial charge is 0.507 e. The van der Waals surface area contributed by atoms with Crippen molar-refractivity contribution in [1.29, 1.82) is 0 Å². The zero-order valence-corrected chi connectivity index (χ0v) is 13.0. The fourth-order valence-corrected chi connectivity index (χ4v) is 3.17. The van der Waals surface area contributed by atoms with Crippen LogP contribution in [0.1, 0.15) is 20.8 Å². The highest BCUT2D eigenvalue weighted by molar-refractivity contribution is 7.20. The van der Waals surface area contributed by atoms with Crippen molar-refractivity contribution < 1.29 is 9.90 Å². The summed E-state index contributed by atoms with van der Waals surface area (Å²) in [6, 6.07) is 6.70. The fraction of sp³-hybridized carbons (Fsp3) is 0.0667. The number of hydrogen-bond acceptors (Lipinski definition) is 7. The van der Waals surface area contributed by atoms with Crippen LogP contribution in [0.4, 0.5) is 5.82 Å². The predicted molar refractivity (Wildman–Crippen MR) is 89.7 cm³/mol. The molecule has 0 bridgehead atoms. The minimum absolute atomic E-state index is 0.0894. The zero-order valence-electron chi connectivity index (χ0n) is 12.1. The van der Waals surface area contributed by atoms with E-state index in [4.69, 9.17) is 5.73 Å². The number of nitrogens with one attached hydrogen (secondary N) is 1. The number of phenolic OH excluding ortho intramolecular Hbond substituents is 1. The smallest absolute Gasteiger partial charge is 0.281 e. The van der Waals surface area contributed by atoms with Crippen molar-refractivity contribution in [2.24, 2.45) is 5.10 Å². The summed E-state index contributed by atoms with van der Waals surface area (Å²) in [6.45, 7) is 1.79. The lowest BCUT2D eigenvalue weighted by Crippen LogP contribution is -2.17. The highest BCUT2D eigenvalue weighted by Gasteiger charge is 2.17. The van der Waals surface area contributed by atoms with Crippen molar-refractivity contribution in [1.82, 2.24) is 15.4 Å². The number of fused-ring (bicyclic) bond motifs is 1. The molecule has 0 aliphatic heterocycles. The molecule has 0 aliphatic carbocycles. The summed E-state index contributed by atoms with van der Waals surface area (Å²) < 4.78 is 0. The zero-order chi connectivity index (χ0) is 16.4. The van der Waals surface area contributed by atoms with Crippen LogP contribution < -0.4 is 11.2 Å². The number of phenols is 1. The summed E-state index contributed by atoms with van der Waals surface area (Å²) in [4.78, 5) is 21.4. The Bertz CT molecular complexity index is 919. The Labute approximate surface area is 135 Å². The van der Waals surface area contributed by atoms with E-state index < -0.39 is 0 Å². The minimum atomic E-state index is -0.364. The van der Waals surface area contributed by atoms with Gasteiger partial charge in [0.05, 0.1) is 16.5 Å². The van der Waals surface area contributed by atoms with Gasteiger partial charge in [0.25, 0.3) is 5.91 Å². The molecule has 0 aliphatic rings. The van der Waals surface area contributed by atoms with E-state index in [-0.39, 0.29) is 11.7 Å². The number of nitrogens with two attached hydrogens (primary N) is 1. The van der Waals surface area contributed by atoms with E-state index in [9.17, 15) is 9.90 Å². The van der Waals surface area contributed by atoms with E-state index in [2.05, 4.69) is 20.5 Å². The number of hydrogen-bond donors (Lipinski definition) is 3. The lowest BCUT2D eigenvalue weighted by atomic mass is 10.2. The number of para-hydroxylation sites is 1. The molecule has 2 aromatic heterocycles. The van der Waals surface area contributed by atoms with E-state index in [0.29, 0.717) is 26.5 Å². The van der Waals surface area contributed by atoms with Crippen molar-refractivity contribution in [2.75, 3.05) is 5.73 Å². The number of hydrazone groups is 1. The monoisotopic (exact) mass is 327 g/mol. The predicted octanol–water partition coefficient (Wildman–Crippen LogP) is 2.05. The molecule has 3 rings (SSSR count). The lowest BCUT2D eigenvalue weighted by Gasteiger charge is -2.00. The number of benzene rings is 1. The van der Waals surface area contributed by atoms with Crippen LogP contribution in [0.15, 0.2) is 35.7 Å². The van der Waals surface area contributed by atoms with Gasteiger partial charge in [-0.2, -0.15) is 5.10 Å². The first-order valence-electron chi connectivity index (χ1n) is 6.69. The van der Waals surface area contributed by atoms with Crippen molar-refractivity contribution in [3.05, 3.63) is 46.6 Å². The number of aryl methyl sites for hydroxylation is 1. The minimum Gasteiger partial charge on any atom is -0.507 e. The SMILES string of the molecule is Cc1c(C(=O)NN=Cc2ccccc2O)sc2ncnc(N)c12. The number of carbonyl (C=O) groups excluding carboxylic acids is 1. The third-order valence-corrected chi connectivity index (χ3v) is 4.47. The quantitative estimate of drug-likeness (QED) is 0.503. The maximum absolute atomic E-state index is 12.3. The van der Waals surface area contributed by atoms with Crippen molar-refractivity contribution >= 4 is 39.5 Å². The number of amides is 1. The van der Waals surface area contributed by atoms with Crippen LogP contribution in [0.5, 0.6) is 5.75 Å². The summed E-state index contributed by atoms with van der Waals surface area (Å²) in [5.41, 5.74) is 9.50. The standard InChI is InChI=1S/C15H13N5O2S/c1-8-11-13(16)17-7-18-15(11)23-12(8)14(22)20-19-6-9-4-2-3-5-10(9)21/h2-7,21H,1H3,(H,20,22)(H2,16,17,18). The van der Waals surface area contributed by atoms with E-state index in [0.717, 1.165) is 5.56 Å². The van der Waals surface area contributed by atoms with Gasteiger partial charge in [0.2, 0.25) is 0 Å². The van der Waals surface area contributed by atoms with Gasteiger partial charge in [-0.25, -0.2) is 15.4 Å². The fourth-order valence-electron chi connectivity index (χ4n) is 2.12. The Balaban J connectivity index is 1.83. The molecule has 0 unspecified atom stereocenters. The Hall–Kier alpha value is -3.00. The van der Waals surface area contributed by atoms with Crippen LogP contribution in [0.3, 0.4) is 0 Å². The number of nitrogen functional groups attached to an aromatic ring is 1. The first-order valence-corrected chi connectivity index (χ1v) is 7.50. The van der Waals surface area contributed by atoms with Crippen LogP contribution >= 0.6 is 11.3 Å². The molecule has 0 spiro atoms. The molecule has 0 atom stereocenters. The van der Waals surface area contributed by atoms with Gasteiger partial charge >= 0.3 is 0 Å². The highest BCUT2D eigenvalue weighted by atomic mass is 32.1. The second-order valence-electron chi connectivity index (χ2n) is 4.75. The first-order chi connectivity index (χ1) is 11.1. The van der Waals surface area contributed by atoms with Gasteiger partial charge in [-0.3, -0.25) is 4.79 Å². The van der Waals surface area contributed by atoms with Gasteiger partial charge in [0.1, 0.15) is 22.7 Å². The van der Waals surface area contributed by atoms with Gasteiger partial charge < -0.3 is 10.8 Å². The molecule has 1 amide bonds. The Morgan fingerprint density at radius 2 is 2.17 bits per heavy atom. The van der Waals surface area contributed by atoms with Crippen LogP contribution in [-0.2, 0) is 0 Å². The number of aromatic nitrogens is 2. The summed E-state index contributed by atoms with van der Waals surface area (Å²) in [6.07, 6.45) is 2.75. The summed E-state index contributed by atoms with van der Waals surface area (Å²) in [7, 11) is 0. The molecule has 0 saturated heterocycles. The van der Waals surface area contributed by atoms with Crippen LogP contribution in [0, 0.1) is 6.92 Å². The number of rotatable bonds is 3. The number of thiophene rings is 1. The molecule has 2 heterocycles. The van der Waals surface area contributed by atoms with E-state index in [1.165, 1.54) is 23.9 Å². The molecule has 7 nitrogen and oxygen atoms in total. The van der Waals surface area contributed by atoms with Gasteiger partial charge in [-0.05, 0) is 24.6 Å². The maximum Gasteiger partial charge on any atom is 0.281 e. The molecular formula is C15H13N5O2S. The number of nitrogens with zero attached hydrogens (tertiary/aromatic N) is 3. The van der Waals surface area contributed by atoms with Gasteiger partial charge in [-0.1, -0.05) is 12.1 Å². The van der Waals surface area contributed by atoms with E-state index >= 15 is 0 Å². The number of carbonyl (C=O) groups is 1. The Morgan fingerprint density at radius 3 is 2.91 bits per heavy atom. The van der Waals surface area contributed by atoms with Crippen molar-refractivity contribution in [2.45, 2.75) is 6.92 Å². The first kappa shape index (κ1) is 14.9. The third kappa shape index (κ3) is 2.84. The average molecular weight is 327 g/mol. The van der Waals surface area contributed by atoms with Gasteiger partial charge in [0.15, 0.2) is 0 Å². The molecule has 4 N–H and O–H groups in total. The molecule has 23 heavy (non-hydrogen) atoms. The molecule has 8 heteroatoms. The second-order valence-corrected chi connectivity index (χ2v) is 5.75. The van der Waals surface area contributed by atoms with Crippen LogP contribution in [0.25, 0.3) is 10.2 Å². The van der Waals surface area contributed by atoms with Crippen molar-refractivity contribution in [3.8, 4) is 5.75 Å². The van der Waals surface area contributed by atoms with E-state index in [1.54, 1.807) is 31.2 Å². The summed E-state index contributed by atoms with van der Waals surface area (Å²) in [5.74, 6) is 0.0728. The molecular weight excluding hydrogens is 314 g/mol. The molecule has 0 fully saturated rings. The maximum atomic E-state index is 12.3. The molecule has 0 radical (unpaired) electrons. The average Bonchev–Trinajstić information content (AvgIpc) is 2.87. The lowest BCUT2D eigenvalue weighted by molar-refractivity contribution is 0.0958. The summed E-state index contributed by atoms with van der Waals surface area (Å²) in [5, 5.41) is 14.2. The van der Waals surface area contributed by atoms with Gasteiger partial charge in [0, 0.05) is 5.56 Å². The highest BCUT2D eigenvalue weighted by Crippen LogP contribution is 2.31. The molecule has 0 saturated carbocycles. The van der Waals surface area contributed by atoms with Crippen LogP contribution in [-0.4, -0.2) is 27.2 Å². The Morgan fingerprint density at radius 1 is 1.39 bits per heavy atom.